The third-order valence-corrected chi connectivity index (χ3v) is 4.28. The molecule has 1 N–H and O–H groups in total. The van der Waals surface area contributed by atoms with Crippen molar-refractivity contribution in [1.82, 2.24) is 4.98 Å². The van der Waals surface area contributed by atoms with Gasteiger partial charge in [-0.1, -0.05) is 6.07 Å². The number of carbonyl (C=O) groups excluding carboxylic acids is 1. The summed E-state index contributed by atoms with van der Waals surface area (Å²) >= 11 is 0. The number of aryl methyl sites for hydroxylation is 1. The molecule has 0 saturated heterocycles. The first-order valence-corrected chi connectivity index (χ1v) is 6.37. The number of Topliss-reactive ketones (excluding diaryl/α,β-unsaturated/α-hetero) is 1. The molecule has 3 heteroatoms. The van der Waals surface area contributed by atoms with E-state index in [4.69, 9.17) is 0 Å². The standard InChI is InChI=1S/C14H17NO2/c16-11-5-7-14(17,8-6-11)12-4-3-10-2-1-9-15-13(10)12/h1-2,9,12,17H,3-8H2. The molecule has 1 saturated carbocycles. The zero-order chi connectivity index (χ0) is 11.9. The lowest BCUT2D eigenvalue weighted by molar-refractivity contribution is -0.126. The quantitative estimate of drug-likeness (QED) is 0.804. The van der Waals surface area contributed by atoms with Gasteiger partial charge in [-0.05, 0) is 37.3 Å². The lowest BCUT2D eigenvalue weighted by atomic mass is 9.74. The molecule has 3 nitrogen and oxygen atoms in total. The van der Waals surface area contributed by atoms with Crippen LogP contribution in [0.2, 0.25) is 0 Å². The fourth-order valence-electron chi connectivity index (χ4n) is 3.25. The van der Waals surface area contributed by atoms with Crippen LogP contribution in [0.3, 0.4) is 0 Å². The van der Waals surface area contributed by atoms with Gasteiger partial charge in [0.25, 0.3) is 0 Å². The first kappa shape index (κ1) is 10.9. The SMILES string of the molecule is O=C1CCC(O)(C2CCc3cccnc32)CC1. The highest BCUT2D eigenvalue weighted by molar-refractivity contribution is 5.79. The number of hydrogen-bond donors (Lipinski definition) is 1. The minimum atomic E-state index is -0.701. The van der Waals surface area contributed by atoms with Crippen LogP contribution in [0.15, 0.2) is 18.3 Å². The molecule has 1 aromatic heterocycles. The third kappa shape index (κ3) is 1.78. The van der Waals surface area contributed by atoms with E-state index in [1.807, 2.05) is 6.07 Å². The summed E-state index contributed by atoms with van der Waals surface area (Å²) in [5.74, 6) is 0.417. The van der Waals surface area contributed by atoms with Crippen molar-refractivity contribution in [2.45, 2.75) is 50.0 Å². The molecule has 3 rings (SSSR count). The van der Waals surface area contributed by atoms with Crippen molar-refractivity contribution in [3.05, 3.63) is 29.6 Å². The topological polar surface area (TPSA) is 50.2 Å². The van der Waals surface area contributed by atoms with E-state index >= 15 is 0 Å². The zero-order valence-electron chi connectivity index (χ0n) is 9.85. The lowest BCUT2D eigenvalue weighted by Gasteiger charge is -2.36. The van der Waals surface area contributed by atoms with Crippen LogP contribution >= 0.6 is 0 Å². The number of nitrogens with zero attached hydrogens (tertiary/aromatic N) is 1. The molecule has 90 valence electrons. The number of carbonyl (C=O) groups is 1. The number of aliphatic hydroxyl groups is 1. The smallest absolute Gasteiger partial charge is 0.133 e. The average Bonchev–Trinajstić information content (AvgIpc) is 2.78. The number of ketones is 1. The molecule has 1 aromatic rings. The molecule has 1 atom stereocenters. The molecule has 2 aliphatic rings. The molecule has 17 heavy (non-hydrogen) atoms. The van der Waals surface area contributed by atoms with Crippen LogP contribution in [0.4, 0.5) is 0 Å². The predicted octanol–water partition coefficient (Wildman–Crippen LogP) is 1.99. The van der Waals surface area contributed by atoms with Crippen LogP contribution in [-0.2, 0) is 11.2 Å². The molecule has 0 aliphatic heterocycles. The highest BCUT2D eigenvalue weighted by Crippen LogP contribution is 2.45. The molecule has 1 unspecified atom stereocenters. The molecule has 0 radical (unpaired) electrons. The van der Waals surface area contributed by atoms with Crippen LogP contribution in [0.5, 0.6) is 0 Å². The zero-order valence-corrected chi connectivity index (χ0v) is 9.85. The first-order chi connectivity index (χ1) is 8.19. The van der Waals surface area contributed by atoms with Gasteiger partial charge < -0.3 is 5.11 Å². The number of fused-ring (bicyclic) bond motifs is 1. The second-order valence-electron chi connectivity index (χ2n) is 5.28. The Kier molecular flexibility index (Phi) is 2.51. The van der Waals surface area contributed by atoms with E-state index in [0.29, 0.717) is 25.7 Å². The summed E-state index contributed by atoms with van der Waals surface area (Å²) < 4.78 is 0. The minimum absolute atomic E-state index is 0.131. The molecular weight excluding hydrogens is 214 g/mol. The van der Waals surface area contributed by atoms with Gasteiger partial charge >= 0.3 is 0 Å². The Labute approximate surface area is 101 Å². The largest absolute Gasteiger partial charge is 0.389 e. The van der Waals surface area contributed by atoms with Crippen LogP contribution in [0.25, 0.3) is 0 Å². The second-order valence-corrected chi connectivity index (χ2v) is 5.28. The highest BCUT2D eigenvalue weighted by atomic mass is 16.3. The van der Waals surface area contributed by atoms with Gasteiger partial charge in [-0.2, -0.15) is 0 Å². The van der Waals surface area contributed by atoms with Gasteiger partial charge in [0.15, 0.2) is 0 Å². The average molecular weight is 231 g/mol. The molecule has 0 amide bonds. The second kappa shape index (κ2) is 3.91. The summed E-state index contributed by atoms with van der Waals surface area (Å²) in [5.41, 5.74) is 1.63. The Morgan fingerprint density at radius 3 is 2.82 bits per heavy atom. The Bertz CT molecular complexity index is 445. The van der Waals surface area contributed by atoms with E-state index in [9.17, 15) is 9.90 Å². The highest BCUT2D eigenvalue weighted by Gasteiger charge is 2.43. The Balaban J connectivity index is 1.89. The Morgan fingerprint density at radius 1 is 1.29 bits per heavy atom. The summed E-state index contributed by atoms with van der Waals surface area (Å²) in [4.78, 5) is 15.7. The summed E-state index contributed by atoms with van der Waals surface area (Å²) in [6.45, 7) is 0. The lowest BCUT2D eigenvalue weighted by Crippen LogP contribution is -2.39. The van der Waals surface area contributed by atoms with Crippen LogP contribution in [0, 0.1) is 0 Å². The van der Waals surface area contributed by atoms with Gasteiger partial charge in [-0.25, -0.2) is 0 Å². The van der Waals surface area contributed by atoms with Gasteiger partial charge in [0, 0.05) is 30.7 Å². The van der Waals surface area contributed by atoms with Crippen LogP contribution in [-0.4, -0.2) is 21.5 Å². The molecular formula is C14H17NO2. The summed E-state index contributed by atoms with van der Waals surface area (Å²) in [7, 11) is 0. The summed E-state index contributed by atoms with van der Waals surface area (Å²) in [5, 5.41) is 10.7. The third-order valence-electron chi connectivity index (χ3n) is 4.28. The van der Waals surface area contributed by atoms with Crippen molar-refractivity contribution in [1.29, 1.82) is 0 Å². The number of rotatable bonds is 1. The molecule has 0 aromatic carbocycles. The maximum atomic E-state index is 11.3. The van der Waals surface area contributed by atoms with Crippen molar-refractivity contribution in [3.63, 3.8) is 0 Å². The summed E-state index contributed by atoms with van der Waals surface area (Å²) in [6, 6.07) is 4.05. The molecule has 1 heterocycles. The van der Waals surface area contributed by atoms with E-state index in [-0.39, 0.29) is 11.7 Å². The first-order valence-electron chi connectivity index (χ1n) is 6.37. The van der Waals surface area contributed by atoms with Gasteiger partial charge in [0.05, 0.1) is 5.60 Å². The fraction of sp³-hybridized carbons (Fsp3) is 0.571. The van der Waals surface area contributed by atoms with Crippen molar-refractivity contribution in [2.75, 3.05) is 0 Å². The Morgan fingerprint density at radius 2 is 2.06 bits per heavy atom. The molecule has 2 aliphatic carbocycles. The van der Waals surface area contributed by atoms with Gasteiger partial charge in [0.2, 0.25) is 0 Å². The van der Waals surface area contributed by atoms with Gasteiger partial charge in [-0.15, -0.1) is 0 Å². The normalized spacial score (nSPS) is 26.9. The van der Waals surface area contributed by atoms with E-state index in [2.05, 4.69) is 11.1 Å². The monoisotopic (exact) mass is 231 g/mol. The maximum absolute atomic E-state index is 11.3. The van der Waals surface area contributed by atoms with Gasteiger partial charge in [-0.3, -0.25) is 9.78 Å². The fourth-order valence-corrected chi connectivity index (χ4v) is 3.25. The summed E-state index contributed by atoms with van der Waals surface area (Å²) in [6.07, 6.45) is 6.03. The number of aromatic nitrogens is 1. The molecule has 1 fully saturated rings. The van der Waals surface area contributed by atoms with E-state index in [1.54, 1.807) is 6.20 Å². The number of hydrogen-bond acceptors (Lipinski definition) is 3. The van der Waals surface area contributed by atoms with Crippen molar-refractivity contribution in [2.24, 2.45) is 0 Å². The Hall–Kier alpha value is -1.22. The van der Waals surface area contributed by atoms with E-state index in [1.165, 1.54) is 5.56 Å². The minimum Gasteiger partial charge on any atom is -0.389 e. The molecule has 0 spiro atoms. The van der Waals surface area contributed by atoms with Gasteiger partial charge in [0.1, 0.15) is 5.78 Å². The number of pyridine rings is 1. The van der Waals surface area contributed by atoms with Crippen LogP contribution in [0.1, 0.15) is 49.3 Å². The van der Waals surface area contributed by atoms with Crippen molar-refractivity contribution >= 4 is 5.78 Å². The van der Waals surface area contributed by atoms with Crippen molar-refractivity contribution < 1.29 is 9.90 Å². The molecule has 0 bridgehead atoms. The van der Waals surface area contributed by atoms with Crippen molar-refractivity contribution in [3.8, 4) is 0 Å². The van der Waals surface area contributed by atoms with Crippen LogP contribution < -0.4 is 0 Å². The maximum Gasteiger partial charge on any atom is 0.133 e. The van der Waals surface area contributed by atoms with E-state index in [0.717, 1.165) is 18.5 Å². The van der Waals surface area contributed by atoms with E-state index < -0.39 is 5.60 Å². The predicted molar refractivity (Wildman–Crippen MR) is 63.7 cm³/mol.